The van der Waals surface area contributed by atoms with Gasteiger partial charge in [0, 0.05) is 0 Å². The SMILES string of the molecule is O=S(=O)(F)C(F)(F)COC12CC3CC(CC(C3)C1)C2.O=S(=O)([O-])C(F)(F)COC12CC3CC(CC(C3)C1)C2.[Li+].[Li+].[OH-]. The van der Waals surface area contributed by atoms with E-state index in [1.165, 1.54) is 0 Å². The molecule has 0 spiro atoms. The molecule has 0 aliphatic heterocycles. The van der Waals surface area contributed by atoms with Gasteiger partial charge in [0.2, 0.25) is 0 Å². The standard InChI is InChI=1S/C12H17F3O3S.C12H18F2O4S.2Li.H2O/c2*13-12(14,19(15,16)17)7-18-11-4-8-1-9(5-11)3-10(2-8)6-11;;;/h8-10H,1-7H2;8-10H,1-7H2,(H,15,16,17);;;1H2/q;;2*+1;/p-2. The van der Waals surface area contributed by atoms with Crippen molar-refractivity contribution in [3.63, 3.8) is 0 Å². The van der Waals surface area contributed by atoms with Crippen molar-refractivity contribution in [2.24, 2.45) is 35.5 Å². The Morgan fingerprint density at radius 3 is 1.07 bits per heavy atom. The molecule has 0 amide bonds. The van der Waals surface area contributed by atoms with Crippen LogP contribution in [0.2, 0.25) is 0 Å². The average Bonchev–Trinajstić information content (AvgIpc) is 2.74. The third kappa shape index (κ3) is 8.06. The fourth-order valence-corrected chi connectivity index (χ4v) is 9.44. The van der Waals surface area contributed by atoms with Crippen LogP contribution in [0.3, 0.4) is 0 Å². The Morgan fingerprint density at radius 1 is 0.610 bits per heavy atom. The number of alkyl halides is 4. The first-order valence-electron chi connectivity index (χ1n) is 13.3. The molecule has 0 atom stereocenters. The maximum atomic E-state index is 13.2. The molecule has 8 bridgehead atoms. The largest absolute Gasteiger partial charge is 1.00 e. The van der Waals surface area contributed by atoms with Gasteiger partial charge in [-0.05, 0) is 113 Å². The van der Waals surface area contributed by atoms with Crippen molar-refractivity contribution in [1.82, 2.24) is 0 Å². The van der Waals surface area contributed by atoms with Crippen LogP contribution in [0.25, 0.3) is 0 Å². The van der Waals surface area contributed by atoms with Gasteiger partial charge in [-0.15, -0.1) is 0 Å². The fraction of sp³-hybridized carbons (Fsp3) is 1.00. The van der Waals surface area contributed by atoms with Crippen molar-refractivity contribution >= 4 is 20.3 Å². The zero-order valence-corrected chi connectivity index (χ0v) is 25.0. The Kier molecular flexibility index (Phi) is 11.8. The first-order valence-corrected chi connectivity index (χ1v) is 16.1. The minimum absolute atomic E-state index is 0. The molecule has 8 aliphatic rings. The van der Waals surface area contributed by atoms with Crippen LogP contribution in [0, 0.1) is 35.5 Å². The molecular weight excluding hydrogens is 589 g/mol. The van der Waals surface area contributed by atoms with Gasteiger partial charge in [-0.25, -0.2) is 8.42 Å². The van der Waals surface area contributed by atoms with Gasteiger partial charge >= 0.3 is 58.5 Å². The van der Waals surface area contributed by atoms with E-state index in [1.807, 2.05) is 0 Å². The Bertz CT molecular complexity index is 980. The summed E-state index contributed by atoms with van der Waals surface area (Å²) in [6.45, 7) is -2.66. The van der Waals surface area contributed by atoms with Gasteiger partial charge in [0.15, 0.2) is 10.1 Å². The average molecular weight is 625 g/mol. The van der Waals surface area contributed by atoms with E-state index in [9.17, 15) is 42.8 Å². The zero-order valence-electron chi connectivity index (χ0n) is 23.4. The van der Waals surface area contributed by atoms with Gasteiger partial charge in [-0.2, -0.15) is 26.0 Å². The molecule has 0 heterocycles. The maximum Gasteiger partial charge on any atom is 1.00 e. The third-order valence-electron chi connectivity index (χ3n) is 9.78. The molecule has 0 aromatic carbocycles. The Morgan fingerprint density at radius 2 is 0.854 bits per heavy atom. The summed E-state index contributed by atoms with van der Waals surface area (Å²) < 4.78 is 128. The third-order valence-corrected chi connectivity index (χ3v) is 11.5. The molecule has 8 saturated carbocycles. The second-order valence-electron chi connectivity index (χ2n) is 12.9. The van der Waals surface area contributed by atoms with E-state index in [0.717, 1.165) is 57.8 Å². The molecule has 8 aliphatic carbocycles. The van der Waals surface area contributed by atoms with E-state index in [4.69, 9.17) is 9.47 Å². The van der Waals surface area contributed by atoms with Gasteiger partial charge in [0.1, 0.15) is 13.2 Å². The topological polar surface area (TPSA) is 140 Å². The second kappa shape index (κ2) is 12.8. The number of rotatable bonds is 8. The summed E-state index contributed by atoms with van der Waals surface area (Å²) in [7, 11) is -11.5. The number of ether oxygens (including phenoxy) is 2. The van der Waals surface area contributed by atoms with E-state index in [-0.39, 0.29) is 43.2 Å². The van der Waals surface area contributed by atoms with Crippen LogP contribution in [0.4, 0.5) is 21.4 Å². The predicted molar refractivity (Wildman–Crippen MR) is 125 cm³/mol. The molecule has 8 fully saturated rings. The molecule has 0 saturated heterocycles. The molecule has 8 nitrogen and oxygen atoms in total. The van der Waals surface area contributed by atoms with Crippen molar-refractivity contribution < 1.29 is 95.5 Å². The van der Waals surface area contributed by atoms with Gasteiger partial charge in [-0.3, -0.25) is 0 Å². The summed E-state index contributed by atoms with van der Waals surface area (Å²) in [5.74, 6) is 3.06. The number of hydrogen-bond donors (Lipinski definition) is 0. The summed E-state index contributed by atoms with van der Waals surface area (Å²) in [5, 5.41) is -8.76. The summed E-state index contributed by atoms with van der Waals surface area (Å²) in [4.78, 5) is 0. The van der Waals surface area contributed by atoms with Crippen LogP contribution >= 0.6 is 0 Å². The van der Waals surface area contributed by atoms with Crippen LogP contribution in [-0.4, -0.2) is 61.8 Å². The Labute approximate surface area is 262 Å². The van der Waals surface area contributed by atoms with Crippen LogP contribution < -0.4 is 37.7 Å². The molecule has 17 heteroatoms. The summed E-state index contributed by atoms with van der Waals surface area (Å²) in [6.07, 6.45) is 11.1. The molecule has 0 unspecified atom stereocenters. The van der Waals surface area contributed by atoms with Crippen molar-refractivity contribution in [2.75, 3.05) is 13.2 Å². The smallest absolute Gasteiger partial charge is 0.870 e. The monoisotopic (exact) mass is 624 g/mol. The van der Waals surface area contributed by atoms with Gasteiger partial charge < -0.3 is 19.5 Å². The molecule has 0 radical (unpaired) electrons. The van der Waals surface area contributed by atoms with Crippen molar-refractivity contribution in [3.05, 3.63) is 0 Å². The Hall–Kier alpha value is 0.585. The van der Waals surface area contributed by atoms with Crippen LogP contribution in [-0.2, 0) is 29.8 Å². The number of hydrogen-bond acceptors (Lipinski definition) is 8. The van der Waals surface area contributed by atoms with Gasteiger partial charge in [-0.1, -0.05) is 3.89 Å². The van der Waals surface area contributed by atoms with E-state index >= 15 is 0 Å². The van der Waals surface area contributed by atoms with Crippen molar-refractivity contribution in [2.45, 2.75) is 98.8 Å². The summed E-state index contributed by atoms with van der Waals surface area (Å²) >= 11 is 0. The molecule has 41 heavy (non-hydrogen) atoms. The second-order valence-corrected chi connectivity index (χ2v) is 15.9. The van der Waals surface area contributed by atoms with E-state index in [1.54, 1.807) is 0 Å². The minimum atomic E-state index is -5.89. The molecule has 1 N–H and O–H groups in total. The van der Waals surface area contributed by atoms with Crippen LogP contribution in [0.5, 0.6) is 0 Å². The Balaban J connectivity index is 0.000000267. The normalized spacial score (nSPS) is 38.7. The van der Waals surface area contributed by atoms with Crippen molar-refractivity contribution in [1.29, 1.82) is 0 Å². The van der Waals surface area contributed by atoms with E-state index in [0.29, 0.717) is 54.8 Å². The zero-order chi connectivity index (χ0) is 27.8. The van der Waals surface area contributed by atoms with Crippen LogP contribution in [0.1, 0.15) is 77.0 Å². The number of halogens is 5. The fourth-order valence-electron chi connectivity index (χ4n) is 9.03. The first kappa shape index (κ1) is 37.8. The molecule has 0 aromatic rings. The van der Waals surface area contributed by atoms with Gasteiger partial charge in [0.25, 0.3) is 0 Å². The van der Waals surface area contributed by atoms with E-state index < -0.39 is 55.3 Å². The van der Waals surface area contributed by atoms with E-state index in [2.05, 4.69) is 0 Å². The molecule has 228 valence electrons. The molecule has 8 rings (SSSR count). The minimum Gasteiger partial charge on any atom is -0.870 e. The molecular formula is C24H35F5Li2O8S2. The van der Waals surface area contributed by atoms with Gasteiger partial charge in [0.05, 0.1) is 11.2 Å². The quantitative estimate of drug-likeness (QED) is 0.142. The molecule has 0 aromatic heterocycles. The summed E-state index contributed by atoms with van der Waals surface area (Å²) in [6, 6.07) is 0. The first-order chi connectivity index (χ1) is 17.4. The maximum absolute atomic E-state index is 13.2. The summed E-state index contributed by atoms with van der Waals surface area (Å²) in [5.41, 5.74) is -1.24. The van der Waals surface area contributed by atoms with Crippen LogP contribution in [0.15, 0.2) is 0 Å². The van der Waals surface area contributed by atoms with Crippen molar-refractivity contribution in [3.8, 4) is 0 Å². The predicted octanol–water partition coefficient (Wildman–Crippen LogP) is -1.20.